The highest BCUT2D eigenvalue weighted by Gasteiger charge is 2.17. The van der Waals surface area contributed by atoms with Gasteiger partial charge in [0.2, 0.25) is 0 Å². The van der Waals surface area contributed by atoms with Gasteiger partial charge in [0.1, 0.15) is 11.4 Å². The molecule has 0 bridgehead atoms. The quantitative estimate of drug-likeness (QED) is 0.736. The van der Waals surface area contributed by atoms with Crippen molar-refractivity contribution in [3.63, 3.8) is 0 Å². The molecule has 1 rings (SSSR count). The van der Waals surface area contributed by atoms with E-state index in [1.54, 1.807) is 39.8 Å². The van der Waals surface area contributed by atoms with E-state index in [2.05, 4.69) is 5.32 Å². The number of aliphatic hydroxyl groups is 1. The molecule has 0 spiro atoms. The van der Waals surface area contributed by atoms with Crippen molar-refractivity contribution < 1.29 is 19.7 Å². The van der Waals surface area contributed by atoms with Gasteiger partial charge in [-0.25, -0.2) is 4.79 Å². The van der Waals surface area contributed by atoms with Crippen molar-refractivity contribution in [3.8, 4) is 5.75 Å². The summed E-state index contributed by atoms with van der Waals surface area (Å²) in [6.45, 7) is 6.96. The summed E-state index contributed by atoms with van der Waals surface area (Å²) >= 11 is 0. The number of benzene rings is 1. The van der Waals surface area contributed by atoms with Crippen LogP contribution >= 0.6 is 0 Å². The Morgan fingerprint density at radius 1 is 1.42 bits per heavy atom. The second-order valence-electron chi connectivity index (χ2n) is 5.53. The third kappa shape index (κ3) is 5.61. The normalized spacial score (nSPS) is 12.9. The summed E-state index contributed by atoms with van der Waals surface area (Å²) in [6.07, 6.45) is -0.657. The number of ether oxygens (including phenoxy) is 1. The number of nitrogens with one attached hydrogen (secondary N) is 1. The van der Waals surface area contributed by atoms with Gasteiger partial charge in [0.15, 0.2) is 0 Å². The molecule has 1 amide bonds. The highest BCUT2D eigenvalue weighted by molar-refractivity contribution is 5.86. The summed E-state index contributed by atoms with van der Waals surface area (Å²) in [5, 5.41) is 21.5. The summed E-state index contributed by atoms with van der Waals surface area (Å²) in [7, 11) is 0. The Hall–Kier alpha value is -1.75. The van der Waals surface area contributed by atoms with Crippen LogP contribution in [0.25, 0.3) is 0 Å². The maximum absolute atomic E-state index is 11.6. The van der Waals surface area contributed by atoms with E-state index in [9.17, 15) is 15.0 Å². The fourth-order valence-corrected chi connectivity index (χ4v) is 1.56. The zero-order valence-electron chi connectivity index (χ0n) is 11.7. The minimum atomic E-state index is -0.619. The lowest BCUT2D eigenvalue weighted by molar-refractivity contribution is 0.0635. The first-order valence-corrected chi connectivity index (χ1v) is 6.17. The van der Waals surface area contributed by atoms with Gasteiger partial charge in [-0.15, -0.1) is 0 Å². The van der Waals surface area contributed by atoms with Crippen LogP contribution in [0.15, 0.2) is 18.2 Å². The van der Waals surface area contributed by atoms with Crippen molar-refractivity contribution >= 4 is 11.8 Å². The largest absolute Gasteiger partial charge is 0.506 e. The predicted molar refractivity (Wildman–Crippen MR) is 73.3 cm³/mol. The van der Waals surface area contributed by atoms with Gasteiger partial charge in [-0.1, -0.05) is 6.07 Å². The van der Waals surface area contributed by atoms with E-state index in [4.69, 9.17) is 4.74 Å². The third-order valence-electron chi connectivity index (χ3n) is 2.23. The number of hydrogen-bond acceptors (Lipinski definition) is 4. The zero-order chi connectivity index (χ0) is 14.6. The first-order chi connectivity index (χ1) is 8.67. The lowest BCUT2D eigenvalue weighted by atomic mass is 10.1. The number of phenolic OH excluding ortho intramolecular Hbond substituents is 1. The Kier molecular flexibility index (Phi) is 4.78. The van der Waals surface area contributed by atoms with Gasteiger partial charge < -0.3 is 14.9 Å². The van der Waals surface area contributed by atoms with Crippen LogP contribution in [0.2, 0.25) is 0 Å². The molecule has 19 heavy (non-hydrogen) atoms. The molecule has 1 aromatic carbocycles. The topological polar surface area (TPSA) is 78.8 Å². The van der Waals surface area contributed by atoms with Crippen LogP contribution in [-0.4, -0.2) is 28.0 Å². The summed E-state index contributed by atoms with van der Waals surface area (Å²) < 4.78 is 5.09. The van der Waals surface area contributed by atoms with E-state index < -0.39 is 17.8 Å². The van der Waals surface area contributed by atoms with Crippen LogP contribution in [0.3, 0.4) is 0 Å². The molecule has 0 fully saturated rings. The number of carbonyl (C=O) groups is 1. The molecule has 0 aromatic heterocycles. The monoisotopic (exact) mass is 267 g/mol. The molecule has 1 atom stereocenters. The Balaban J connectivity index is 2.72. The zero-order valence-corrected chi connectivity index (χ0v) is 11.7. The molecular formula is C14H21NO4. The van der Waals surface area contributed by atoms with E-state index in [0.717, 1.165) is 5.56 Å². The molecule has 0 aliphatic rings. The number of phenols is 1. The van der Waals surface area contributed by atoms with Crippen LogP contribution in [-0.2, 0) is 11.2 Å². The average Bonchev–Trinajstić information content (AvgIpc) is 2.18. The van der Waals surface area contributed by atoms with Crippen molar-refractivity contribution in [2.45, 2.75) is 45.8 Å². The van der Waals surface area contributed by atoms with Gasteiger partial charge in [0.25, 0.3) is 0 Å². The SMILES string of the molecule is C[C@H](O)Cc1ccc(NC(=O)OC(C)(C)C)c(O)c1. The number of carbonyl (C=O) groups excluding carboxylic acids is 1. The standard InChI is InChI=1S/C14H21NO4/c1-9(16)7-10-5-6-11(12(17)8-10)15-13(18)19-14(2,3)4/h5-6,8-9,16-17H,7H2,1-4H3,(H,15,18)/t9-/m0/s1. The van der Waals surface area contributed by atoms with Crippen molar-refractivity contribution in [2.75, 3.05) is 5.32 Å². The Bertz CT molecular complexity index is 449. The number of anilines is 1. The first-order valence-electron chi connectivity index (χ1n) is 6.17. The smallest absolute Gasteiger partial charge is 0.412 e. The van der Waals surface area contributed by atoms with Crippen molar-refractivity contribution in [1.82, 2.24) is 0 Å². The highest BCUT2D eigenvalue weighted by Crippen LogP contribution is 2.25. The number of hydrogen-bond donors (Lipinski definition) is 3. The Morgan fingerprint density at radius 3 is 2.53 bits per heavy atom. The molecule has 0 aliphatic heterocycles. The van der Waals surface area contributed by atoms with Crippen LogP contribution in [0, 0.1) is 0 Å². The molecule has 3 N–H and O–H groups in total. The third-order valence-corrected chi connectivity index (χ3v) is 2.23. The van der Waals surface area contributed by atoms with E-state index >= 15 is 0 Å². The fourth-order valence-electron chi connectivity index (χ4n) is 1.56. The van der Waals surface area contributed by atoms with Crippen LogP contribution in [0.5, 0.6) is 5.75 Å². The molecule has 0 aliphatic carbocycles. The minimum absolute atomic E-state index is 0.0518. The first kappa shape index (κ1) is 15.3. The van der Waals surface area contributed by atoms with Gasteiger partial charge in [-0.05, 0) is 51.8 Å². The lowest BCUT2D eigenvalue weighted by Crippen LogP contribution is -2.27. The van der Waals surface area contributed by atoms with Crippen molar-refractivity contribution in [2.24, 2.45) is 0 Å². The number of amides is 1. The summed E-state index contributed by atoms with van der Waals surface area (Å²) in [5.74, 6) is -0.0518. The maximum atomic E-state index is 11.6. The Morgan fingerprint density at radius 2 is 2.05 bits per heavy atom. The van der Waals surface area contributed by atoms with Crippen molar-refractivity contribution in [1.29, 1.82) is 0 Å². The minimum Gasteiger partial charge on any atom is -0.506 e. The van der Waals surface area contributed by atoms with Gasteiger partial charge in [-0.2, -0.15) is 0 Å². The average molecular weight is 267 g/mol. The van der Waals surface area contributed by atoms with E-state index in [1.165, 1.54) is 6.07 Å². The molecular weight excluding hydrogens is 246 g/mol. The number of rotatable bonds is 3. The number of aliphatic hydroxyl groups excluding tert-OH is 1. The van der Waals surface area contributed by atoms with E-state index in [-0.39, 0.29) is 11.4 Å². The molecule has 1 aromatic rings. The van der Waals surface area contributed by atoms with E-state index in [0.29, 0.717) is 6.42 Å². The second-order valence-corrected chi connectivity index (χ2v) is 5.53. The summed E-state index contributed by atoms with van der Waals surface area (Å²) in [5.41, 5.74) is 0.484. The maximum Gasteiger partial charge on any atom is 0.412 e. The van der Waals surface area contributed by atoms with Gasteiger partial charge >= 0.3 is 6.09 Å². The number of aromatic hydroxyl groups is 1. The second kappa shape index (κ2) is 5.93. The molecule has 106 valence electrons. The highest BCUT2D eigenvalue weighted by atomic mass is 16.6. The Labute approximate surface area is 113 Å². The lowest BCUT2D eigenvalue weighted by Gasteiger charge is -2.20. The molecule has 5 nitrogen and oxygen atoms in total. The van der Waals surface area contributed by atoms with Gasteiger partial charge in [0.05, 0.1) is 11.8 Å². The van der Waals surface area contributed by atoms with Crippen LogP contribution in [0.1, 0.15) is 33.3 Å². The molecule has 0 saturated carbocycles. The molecule has 0 radical (unpaired) electrons. The summed E-state index contributed by atoms with van der Waals surface area (Å²) in [4.78, 5) is 11.6. The summed E-state index contributed by atoms with van der Waals surface area (Å²) in [6, 6.07) is 4.83. The van der Waals surface area contributed by atoms with E-state index in [1.807, 2.05) is 0 Å². The molecule has 0 unspecified atom stereocenters. The van der Waals surface area contributed by atoms with Crippen LogP contribution in [0.4, 0.5) is 10.5 Å². The molecule has 5 heteroatoms. The van der Waals surface area contributed by atoms with Crippen molar-refractivity contribution in [3.05, 3.63) is 23.8 Å². The fraction of sp³-hybridized carbons (Fsp3) is 0.500. The van der Waals surface area contributed by atoms with Crippen LogP contribution < -0.4 is 5.32 Å². The predicted octanol–water partition coefficient (Wildman–Crippen LogP) is 2.66. The van der Waals surface area contributed by atoms with Gasteiger partial charge in [0, 0.05) is 0 Å². The van der Waals surface area contributed by atoms with Gasteiger partial charge in [-0.3, -0.25) is 5.32 Å². The molecule has 0 saturated heterocycles. The molecule has 0 heterocycles.